The summed E-state index contributed by atoms with van der Waals surface area (Å²) in [6, 6.07) is 5.16. The van der Waals surface area contributed by atoms with Crippen LogP contribution >= 0.6 is 0 Å². The van der Waals surface area contributed by atoms with E-state index in [2.05, 4.69) is 5.32 Å². The molecule has 0 spiro atoms. The Morgan fingerprint density at radius 1 is 1.25 bits per heavy atom. The molecule has 2 aliphatic heterocycles. The highest BCUT2D eigenvalue weighted by Gasteiger charge is 2.30. The highest BCUT2D eigenvalue weighted by Crippen LogP contribution is 2.27. The van der Waals surface area contributed by atoms with Crippen LogP contribution in [-0.4, -0.2) is 39.8 Å². The Labute approximate surface area is 118 Å². The maximum absolute atomic E-state index is 14.2. The third-order valence-corrected chi connectivity index (χ3v) is 5.32. The fourth-order valence-electron chi connectivity index (χ4n) is 3.14. The topological polar surface area (TPSA) is 49.4 Å². The number of halogens is 1. The van der Waals surface area contributed by atoms with E-state index < -0.39 is 15.7 Å². The quantitative estimate of drug-likeness (QED) is 0.900. The Hall–Kier alpha value is -1.14. The summed E-state index contributed by atoms with van der Waals surface area (Å²) in [6.45, 7) is 1.59. The summed E-state index contributed by atoms with van der Waals surface area (Å²) in [5.41, 5.74) is 0.506. The number of sulfone groups is 1. The molecular formula is C14H19FN2O2S. The predicted molar refractivity (Wildman–Crippen MR) is 76.3 cm³/mol. The van der Waals surface area contributed by atoms with Gasteiger partial charge in [-0.25, -0.2) is 12.8 Å². The fraction of sp³-hybridized carbons (Fsp3) is 0.571. The number of fused-ring (bicyclic) bond motifs is 2. The Morgan fingerprint density at radius 3 is 2.70 bits per heavy atom. The van der Waals surface area contributed by atoms with Crippen LogP contribution in [0, 0.1) is 5.82 Å². The zero-order valence-corrected chi connectivity index (χ0v) is 12.3. The van der Waals surface area contributed by atoms with Gasteiger partial charge in [0.25, 0.3) is 0 Å². The summed E-state index contributed by atoms with van der Waals surface area (Å²) < 4.78 is 37.1. The van der Waals surface area contributed by atoms with E-state index in [4.69, 9.17) is 0 Å². The van der Waals surface area contributed by atoms with E-state index in [1.54, 1.807) is 6.07 Å². The van der Waals surface area contributed by atoms with Crippen molar-refractivity contribution in [1.29, 1.82) is 0 Å². The molecule has 2 unspecified atom stereocenters. The number of benzene rings is 1. The number of hydrogen-bond donors (Lipinski definition) is 1. The van der Waals surface area contributed by atoms with Crippen LogP contribution in [-0.2, 0) is 9.84 Å². The van der Waals surface area contributed by atoms with Crippen LogP contribution in [0.1, 0.15) is 19.3 Å². The van der Waals surface area contributed by atoms with E-state index >= 15 is 0 Å². The SMILES string of the molecule is CS(=O)(=O)c1ccc(N2CCC3CCC(C2)N3)c(F)c1. The zero-order chi connectivity index (χ0) is 14.3. The van der Waals surface area contributed by atoms with Gasteiger partial charge >= 0.3 is 0 Å². The van der Waals surface area contributed by atoms with Crippen LogP contribution in [0.4, 0.5) is 10.1 Å². The van der Waals surface area contributed by atoms with Crippen molar-refractivity contribution in [3.8, 4) is 0 Å². The zero-order valence-electron chi connectivity index (χ0n) is 11.5. The second-order valence-electron chi connectivity index (χ2n) is 5.76. The van der Waals surface area contributed by atoms with Gasteiger partial charge in [0.1, 0.15) is 5.82 Å². The largest absolute Gasteiger partial charge is 0.368 e. The Bertz CT molecular complexity index is 618. The molecule has 3 rings (SSSR count). The van der Waals surface area contributed by atoms with Crippen molar-refractivity contribution in [3.05, 3.63) is 24.0 Å². The summed E-state index contributed by atoms with van der Waals surface area (Å²) in [6.07, 6.45) is 4.43. The molecule has 110 valence electrons. The maximum atomic E-state index is 14.2. The first-order chi connectivity index (χ1) is 9.43. The summed E-state index contributed by atoms with van der Waals surface area (Å²) in [5.74, 6) is -0.453. The molecule has 2 heterocycles. The number of nitrogens with one attached hydrogen (secondary N) is 1. The molecule has 0 saturated carbocycles. The van der Waals surface area contributed by atoms with Gasteiger partial charge in [-0.05, 0) is 37.5 Å². The van der Waals surface area contributed by atoms with Gasteiger partial charge in [-0.2, -0.15) is 0 Å². The van der Waals surface area contributed by atoms with E-state index in [0.717, 1.165) is 38.3 Å². The van der Waals surface area contributed by atoms with Gasteiger partial charge in [0, 0.05) is 31.4 Å². The normalized spacial score (nSPS) is 26.6. The van der Waals surface area contributed by atoms with Gasteiger partial charge in [-0.3, -0.25) is 0 Å². The van der Waals surface area contributed by atoms with Gasteiger partial charge in [0.15, 0.2) is 9.84 Å². The van der Waals surface area contributed by atoms with Crippen molar-refractivity contribution in [1.82, 2.24) is 5.32 Å². The van der Waals surface area contributed by atoms with E-state index in [9.17, 15) is 12.8 Å². The smallest absolute Gasteiger partial charge is 0.175 e. The van der Waals surface area contributed by atoms with Crippen molar-refractivity contribution in [2.45, 2.75) is 36.2 Å². The molecule has 6 heteroatoms. The first kappa shape index (κ1) is 13.8. The average molecular weight is 298 g/mol. The van der Waals surface area contributed by atoms with E-state index in [1.807, 2.05) is 4.90 Å². The predicted octanol–water partition coefficient (Wildman–Crippen LogP) is 1.56. The molecule has 1 aromatic rings. The summed E-state index contributed by atoms with van der Waals surface area (Å²) in [5, 5.41) is 3.55. The molecule has 1 N–H and O–H groups in total. The molecule has 1 aromatic carbocycles. The van der Waals surface area contributed by atoms with Crippen LogP contribution in [0.25, 0.3) is 0 Å². The Morgan fingerprint density at radius 2 is 2.00 bits per heavy atom. The second kappa shape index (κ2) is 5.00. The fourth-order valence-corrected chi connectivity index (χ4v) is 3.77. The van der Waals surface area contributed by atoms with E-state index in [-0.39, 0.29) is 4.90 Å². The maximum Gasteiger partial charge on any atom is 0.175 e. The van der Waals surface area contributed by atoms with Crippen LogP contribution < -0.4 is 10.2 Å². The van der Waals surface area contributed by atoms with Crippen molar-refractivity contribution in [2.24, 2.45) is 0 Å². The molecule has 2 atom stereocenters. The number of hydrogen-bond acceptors (Lipinski definition) is 4. The highest BCUT2D eigenvalue weighted by molar-refractivity contribution is 7.90. The molecule has 0 aliphatic carbocycles. The molecule has 0 aromatic heterocycles. The van der Waals surface area contributed by atoms with Gasteiger partial charge in [0.05, 0.1) is 10.6 Å². The van der Waals surface area contributed by atoms with Crippen molar-refractivity contribution < 1.29 is 12.8 Å². The molecule has 0 amide bonds. The van der Waals surface area contributed by atoms with Crippen LogP contribution in [0.2, 0.25) is 0 Å². The molecule has 2 bridgehead atoms. The van der Waals surface area contributed by atoms with Crippen LogP contribution in [0.15, 0.2) is 23.1 Å². The van der Waals surface area contributed by atoms with E-state index in [1.165, 1.54) is 12.5 Å². The minimum atomic E-state index is -3.36. The second-order valence-corrected chi connectivity index (χ2v) is 7.77. The van der Waals surface area contributed by atoms with Crippen molar-refractivity contribution >= 4 is 15.5 Å². The average Bonchev–Trinajstić information content (AvgIpc) is 2.69. The molecular weight excluding hydrogens is 279 g/mol. The lowest BCUT2D eigenvalue weighted by Gasteiger charge is -2.27. The van der Waals surface area contributed by atoms with Crippen LogP contribution in [0.3, 0.4) is 0 Å². The molecule has 4 nitrogen and oxygen atoms in total. The van der Waals surface area contributed by atoms with Gasteiger partial charge < -0.3 is 10.2 Å². The van der Waals surface area contributed by atoms with Crippen molar-refractivity contribution in [3.63, 3.8) is 0 Å². The Kier molecular flexibility index (Phi) is 3.46. The summed E-state index contributed by atoms with van der Waals surface area (Å²) in [4.78, 5) is 2.06. The molecule has 2 fully saturated rings. The first-order valence-electron chi connectivity index (χ1n) is 6.94. The molecule has 0 radical (unpaired) electrons. The standard InChI is InChI=1S/C14H19FN2O2S/c1-20(18,19)12-4-5-14(13(15)8-12)17-7-6-10-2-3-11(9-17)16-10/h4-5,8,10-11,16H,2-3,6-7,9H2,1H3. The number of rotatable bonds is 2. The van der Waals surface area contributed by atoms with Crippen molar-refractivity contribution in [2.75, 3.05) is 24.2 Å². The van der Waals surface area contributed by atoms with Crippen LogP contribution in [0.5, 0.6) is 0 Å². The summed E-state index contributed by atoms with van der Waals surface area (Å²) in [7, 11) is -3.36. The van der Waals surface area contributed by atoms with Gasteiger partial charge in [0.2, 0.25) is 0 Å². The van der Waals surface area contributed by atoms with Gasteiger partial charge in [-0.1, -0.05) is 0 Å². The number of nitrogens with zero attached hydrogens (tertiary/aromatic N) is 1. The van der Waals surface area contributed by atoms with E-state index in [0.29, 0.717) is 17.8 Å². The molecule has 2 saturated heterocycles. The monoisotopic (exact) mass is 298 g/mol. The molecule has 20 heavy (non-hydrogen) atoms. The Balaban J connectivity index is 1.87. The molecule has 2 aliphatic rings. The minimum Gasteiger partial charge on any atom is -0.368 e. The minimum absolute atomic E-state index is 0.0354. The number of anilines is 1. The van der Waals surface area contributed by atoms with Gasteiger partial charge in [-0.15, -0.1) is 0 Å². The summed E-state index contributed by atoms with van der Waals surface area (Å²) >= 11 is 0. The third-order valence-electron chi connectivity index (χ3n) is 4.21. The highest BCUT2D eigenvalue weighted by atomic mass is 32.2. The lowest BCUT2D eigenvalue weighted by molar-refractivity contribution is 0.563. The third kappa shape index (κ3) is 2.67. The lowest BCUT2D eigenvalue weighted by atomic mass is 10.1. The lowest BCUT2D eigenvalue weighted by Crippen LogP contribution is -2.35. The first-order valence-corrected chi connectivity index (χ1v) is 8.83.